The third-order valence-corrected chi connectivity index (χ3v) is 4.36. The molecule has 0 heterocycles. The van der Waals surface area contributed by atoms with Crippen molar-refractivity contribution in [1.29, 1.82) is 0 Å². The third kappa shape index (κ3) is 7.49. The van der Waals surface area contributed by atoms with E-state index in [2.05, 4.69) is 5.32 Å². The van der Waals surface area contributed by atoms with Crippen LogP contribution in [0.5, 0.6) is 5.75 Å². The van der Waals surface area contributed by atoms with Crippen molar-refractivity contribution in [3.05, 3.63) is 64.1 Å². The number of nitrogens with one attached hydrogen (secondary N) is 1. The van der Waals surface area contributed by atoms with E-state index in [4.69, 9.17) is 27.9 Å². The highest BCUT2D eigenvalue weighted by molar-refractivity contribution is 6.35. The van der Waals surface area contributed by atoms with Crippen LogP contribution in [0.2, 0.25) is 10.0 Å². The first-order valence-corrected chi connectivity index (χ1v) is 9.33. The first kappa shape index (κ1) is 21.1. The molecule has 0 saturated carbocycles. The zero-order chi connectivity index (χ0) is 19.6. The number of hydrogen-bond donors (Lipinski definition) is 1. The molecule has 0 aliphatic carbocycles. The van der Waals surface area contributed by atoms with Crippen molar-refractivity contribution in [2.24, 2.45) is 0 Å². The fourth-order valence-electron chi connectivity index (χ4n) is 2.38. The largest absolute Gasteiger partial charge is 0.491 e. The minimum atomic E-state index is -0.182. The molecule has 2 aromatic rings. The summed E-state index contributed by atoms with van der Waals surface area (Å²) in [6, 6.07) is 14.7. The summed E-state index contributed by atoms with van der Waals surface area (Å²) in [5, 5.41) is 3.64. The van der Waals surface area contributed by atoms with E-state index in [-0.39, 0.29) is 31.3 Å². The zero-order valence-corrected chi connectivity index (χ0v) is 16.6. The fraction of sp³-hybridized carbons (Fsp3) is 0.300. The summed E-state index contributed by atoms with van der Waals surface area (Å²) in [4.78, 5) is 25.6. The highest BCUT2D eigenvalue weighted by Crippen LogP contribution is 2.27. The molecule has 144 valence electrons. The van der Waals surface area contributed by atoms with Crippen LogP contribution in [-0.2, 0) is 16.1 Å². The standard InChI is InChI=1S/C20H22Cl2N2O3/c1-24(14-15-5-3-2-4-6-15)20(26)9-11-23-19(25)10-12-27-18-8-7-16(21)13-17(18)22/h2-8,13H,9-12,14H2,1H3,(H,23,25). The first-order chi connectivity index (χ1) is 13.0. The molecule has 0 bridgehead atoms. The van der Waals surface area contributed by atoms with Crippen molar-refractivity contribution in [2.45, 2.75) is 19.4 Å². The van der Waals surface area contributed by atoms with Crippen molar-refractivity contribution in [3.63, 3.8) is 0 Å². The monoisotopic (exact) mass is 408 g/mol. The van der Waals surface area contributed by atoms with E-state index in [1.54, 1.807) is 30.1 Å². The van der Waals surface area contributed by atoms with Gasteiger partial charge in [-0.05, 0) is 23.8 Å². The average Bonchev–Trinajstić information content (AvgIpc) is 2.64. The number of carbonyl (C=O) groups excluding carboxylic acids is 2. The summed E-state index contributed by atoms with van der Waals surface area (Å²) in [7, 11) is 1.75. The first-order valence-electron chi connectivity index (χ1n) is 8.58. The Morgan fingerprint density at radius 3 is 2.52 bits per heavy atom. The number of rotatable bonds is 9. The molecule has 0 atom stereocenters. The Bertz CT molecular complexity index is 769. The van der Waals surface area contributed by atoms with E-state index in [0.29, 0.717) is 28.9 Å². The molecule has 0 spiro atoms. The molecule has 0 aliphatic rings. The van der Waals surface area contributed by atoms with E-state index >= 15 is 0 Å². The second-order valence-corrected chi connectivity index (χ2v) is 6.85. The predicted octanol–water partition coefficient (Wildman–Crippen LogP) is 3.93. The Labute approximate surface area is 169 Å². The molecule has 7 heteroatoms. The molecule has 0 fully saturated rings. The van der Waals surface area contributed by atoms with E-state index in [0.717, 1.165) is 5.56 Å². The van der Waals surface area contributed by atoms with Crippen molar-refractivity contribution >= 4 is 35.0 Å². The van der Waals surface area contributed by atoms with Gasteiger partial charge in [0.1, 0.15) is 5.75 Å². The van der Waals surface area contributed by atoms with Gasteiger partial charge in [0.2, 0.25) is 11.8 Å². The summed E-state index contributed by atoms with van der Waals surface area (Å²) in [6.07, 6.45) is 0.423. The molecular formula is C20H22Cl2N2O3. The minimum absolute atomic E-state index is 0.0247. The van der Waals surface area contributed by atoms with Crippen molar-refractivity contribution in [3.8, 4) is 5.75 Å². The molecular weight excluding hydrogens is 387 g/mol. The lowest BCUT2D eigenvalue weighted by molar-refractivity contribution is -0.130. The van der Waals surface area contributed by atoms with Crippen molar-refractivity contribution in [2.75, 3.05) is 20.2 Å². The normalized spacial score (nSPS) is 10.3. The fourth-order valence-corrected chi connectivity index (χ4v) is 2.84. The lowest BCUT2D eigenvalue weighted by Gasteiger charge is -2.17. The Hall–Kier alpha value is -2.24. The molecule has 0 unspecified atom stereocenters. The molecule has 5 nitrogen and oxygen atoms in total. The van der Waals surface area contributed by atoms with E-state index < -0.39 is 0 Å². The van der Waals surface area contributed by atoms with Crippen LogP contribution in [0, 0.1) is 0 Å². The molecule has 0 aliphatic heterocycles. The van der Waals surface area contributed by atoms with Gasteiger partial charge in [0.25, 0.3) is 0 Å². The number of amides is 2. The van der Waals surface area contributed by atoms with Gasteiger partial charge in [-0.1, -0.05) is 53.5 Å². The van der Waals surface area contributed by atoms with Gasteiger partial charge >= 0.3 is 0 Å². The molecule has 0 aromatic heterocycles. The van der Waals surface area contributed by atoms with E-state index in [1.807, 2.05) is 30.3 Å². The van der Waals surface area contributed by atoms with E-state index in [9.17, 15) is 9.59 Å². The number of carbonyl (C=O) groups is 2. The number of nitrogens with zero attached hydrogens (tertiary/aromatic N) is 1. The van der Waals surface area contributed by atoms with Crippen LogP contribution in [0.25, 0.3) is 0 Å². The Kier molecular flexibility index (Phi) is 8.43. The number of hydrogen-bond acceptors (Lipinski definition) is 3. The maximum absolute atomic E-state index is 12.1. The van der Waals surface area contributed by atoms with Crippen LogP contribution in [-0.4, -0.2) is 36.9 Å². The third-order valence-electron chi connectivity index (χ3n) is 3.83. The Balaban J connectivity index is 1.63. The molecule has 0 saturated heterocycles. The molecule has 0 radical (unpaired) electrons. The van der Waals surface area contributed by atoms with Crippen LogP contribution in [0.1, 0.15) is 18.4 Å². The minimum Gasteiger partial charge on any atom is -0.491 e. The van der Waals surface area contributed by atoms with Crippen LogP contribution in [0.4, 0.5) is 0 Å². The lowest BCUT2D eigenvalue weighted by atomic mass is 10.2. The summed E-state index contributed by atoms with van der Waals surface area (Å²) in [6.45, 7) is 1.02. The van der Waals surface area contributed by atoms with Gasteiger partial charge in [0.15, 0.2) is 0 Å². The Morgan fingerprint density at radius 2 is 1.81 bits per heavy atom. The van der Waals surface area contributed by atoms with Crippen molar-refractivity contribution < 1.29 is 14.3 Å². The van der Waals surface area contributed by atoms with Crippen LogP contribution >= 0.6 is 23.2 Å². The van der Waals surface area contributed by atoms with Crippen LogP contribution in [0.15, 0.2) is 48.5 Å². The summed E-state index contributed by atoms with van der Waals surface area (Å²) in [5.41, 5.74) is 1.07. The molecule has 2 aromatic carbocycles. The maximum atomic E-state index is 12.1. The van der Waals surface area contributed by atoms with Gasteiger partial charge in [-0.2, -0.15) is 0 Å². The van der Waals surface area contributed by atoms with Gasteiger partial charge < -0.3 is 15.0 Å². The number of benzene rings is 2. The van der Waals surface area contributed by atoms with Crippen molar-refractivity contribution in [1.82, 2.24) is 10.2 Å². The zero-order valence-electron chi connectivity index (χ0n) is 15.1. The second-order valence-electron chi connectivity index (χ2n) is 6.01. The second kappa shape index (κ2) is 10.8. The van der Waals surface area contributed by atoms with Crippen LogP contribution in [0.3, 0.4) is 0 Å². The Morgan fingerprint density at radius 1 is 1.07 bits per heavy atom. The molecule has 2 rings (SSSR count). The summed E-state index contributed by atoms with van der Waals surface area (Å²) in [5.74, 6) is 0.272. The van der Waals surface area contributed by atoms with Gasteiger partial charge in [-0.15, -0.1) is 0 Å². The van der Waals surface area contributed by atoms with Gasteiger partial charge in [-0.25, -0.2) is 0 Å². The topological polar surface area (TPSA) is 58.6 Å². The molecule has 2 amide bonds. The van der Waals surface area contributed by atoms with Crippen LogP contribution < -0.4 is 10.1 Å². The smallest absolute Gasteiger partial charge is 0.224 e. The number of ether oxygens (including phenoxy) is 1. The number of halogens is 2. The highest BCUT2D eigenvalue weighted by atomic mass is 35.5. The van der Waals surface area contributed by atoms with Gasteiger partial charge in [0, 0.05) is 31.6 Å². The summed E-state index contributed by atoms with van der Waals surface area (Å²) < 4.78 is 5.47. The summed E-state index contributed by atoms with van der Waals surface area (Å²) >= 11 is 11.8. The van der Waals surface area contributed by atoms with E-state index in [1.165, 1.54) is 0 Å². The van der Waals surface area contributed by atoms with Gasteiger partial charge in [0.05, 0.1) is 18.1 Å². The van der Waals surface area contributed by atoms with Gasteiger partial charge in [-0.3, -0.25) is 9.59 Å². The quantitative estimate of drug-likeness (QED) is 0.683. The highest BCUT2D eigenvalue weighted by Gasteiger charge is 2.10. The molecule has 27 heavy (non-hydrogen) atoms. The maximum Gasteiger partial charge on any atom is 0.224 e. The lowest BCUT2D eigenvalue weighted by Crippen LogP contribution is -2.32. The average molecular weight is 409 g/mol. The molecule has 1 N–H and O–H groups in total. The SMILES string of the molecule is CN(Cc1ccccc1)C(=O)CCNC(=O)CCOc1ccc(Cl)cc1Cl. The predicted molar refractivity (Wildman–Crippen MR) is 107 cm³/mol.